The van der Waals surface area contributed by atoms with E-state index in [9.17, 15) is 9.18 Å². The fraction of sp³-hybridized carbons (Fsp3) is 0.316. The number of likely N-dealkylation sites (tertiary alicyclic amines) is 1. The molecule has 4 rings (SSSR count). The highest BCUT2D eigenvalue weighted by molar-refractivity contribution is 5.96. The summed E-state index contributed by atoms with van der Waals surface area (Å²) in [5, 5.41) is 2.89. The number of carbonyl (C=O) groups is 1. The van der Waals surface area contributed by atoms with Crippen LogP contribution < -0.4 is 5.32 Å². The zero-order valence-electron chi connectivity index (χ0n) is 12.8. The van der Waals surface area contributed by atoms with Gasteiger partial charge in [-0.05, 0) is 23.1 Å². The largest absolute Gasteiger partial charge is 0.352 e. The van der Waals surface area contributed by atoms with Gasteiger partial charge < -0.3 is 5.32 Å². The van der Waals surface area contributed by atoms with Crippen molar-refractivity contribution in [3.05, 3.63) is 71.0 Å². The molecular formula is C19H19FN2O. The number of carbonyl (C=O) groups excluding carboxylic acids is 1. The van der Waals surface area contributed by atoms with E-state index in [1.54, 1.807) is 6.07 Å². The number of amides is 1. The molecule has 1 saturated heterocycles. The van der Waals surface area contributed by atoms with Crippen molar-refractivity contribution in [3.63, 3.8) is 0 Å². The Morgan fingerprint density at radius 3 is 2.74 bits per heavy atom. The Balaban J connectivity index is 1.62. The second-order valence-electron chi connectivity index (χ2n) is 6.46. The van der Waals surface area contributed by atoms with Crippen LogP contribution in [0.15, 0.2) is 48.5 Å². The minimum absolute atomic E-state index is 0.211. The monoisotopic (exact) mass is 310 g/mol. The van der Waals surface area contributed by atoms with Crippen LogP contribution in [0.4, 0.5) is 4.39 Å². The molecule has 3 nitrogen and oxygen atoms in total. The minimum Gasteiger partial charge on any atom is -0.352 e. The zero-order valence-corrected chi connectivity index (χ0v) is 12.8. The molecule has 0 aliphatic carbocycles. The second-order valence-corrected chi connectivity index (χ2v) is 6.46. The number of benzene rings is 2. The summed E-state index contributed by atoms with van der Waals surface area (Å²) in [6.07, 6.45) is 0. The van der Waals surface area contributed by atoms with E-state index < -0.39 is 5.82 Å². The quantitative estimate of drug-likeness (QED) is 0.925. The number of hydrogen-bond donors (Lipinski definition) is 1. The maximum Gasteiger partial charge on any atom is 0.254 e. The lowest BCUT2D eigenvalue weighted by atomic mass is 9.87. The molecule has 2 aromatic carbocycles. The maximum atomic E-state index is 14.1. The van der Waals surface area contributed by atoms with Crippen molar-refractivity contribution in [2.45, 2.75) is 12.5 Å². The Labute approximate surface area is 135 Å². The van der Waals surface area contributed by atoms with Gasteiger partial charge in [-0.15, -0.1) is 0 Å². The molecule has 2 aliphatic heterocycles. The Bertz CT molecular complexity index is 731. The molecule has 23 heavy (non-hydrogen) atoms. The highest BCUT2D eigenvalue weighted by Crippen LogP contribution is 2.37. The van der Waals surface area contributed by atoms with Crippen LogP contribution in [0.1, 0.15) is 27.4 Å². The predicted molar refractivity (Wildman–Crippen MR) is 86.7 cm³/mol. The minimum atomic E-state index is -0.415. The van der Waals surface area contributed by atoms with Crippen LogP contribution in [0.3, 0.4) is 0 Å². The molecule has 118 valence electrons. The number of fused-ring (bicyclic) bond motifs is 3. The summed E-state index contributed by atoms with van der Waals surface area (Å²) in [4.78, 5) is 14.6. The summed E-state index contributed by atoms with van der Waals surface area (Å²) in [5.41, 5.74) is 2.38. The van der Waals surface area contributed by atoms with E-state index in [1.165, 1.54) is 11.6 Å². The van der Waals surface area contributed by atoms with Gasteiger partial charge in [0.2, 0.25) is 0 Å². The Kier molecular flexibility index (Phi) is 3.62. The first kappa shape index (κ1) is 14.4. The van der Waals surface area contributed by atoms with Crippen LogP contribution in [0.25, 0.3) is 0 Å². The molecule has 0 bridgehead atoms. The molecule has 0 radical (unpaired) electrons. The van der Waals surface area contributed by atoms with Gasteiger partial charge in [0, 0.05) is 32.1 Å². The summed E-state index contributed by atoms with van der Waals surface area (Å²) < 4.78 is 14.1. The lowest BCUT2D eigenvalue weighted by molar-refractivity contribution is 0.0947. The van der Waals surface area contributed by atoms with E-state index >= 15 is 0 Å². The van der Waals surface area contributed by atoms with Crippen LogP contribution in [0, 0.1) is 11.7 Å². The molecule has 2 aliphatic rings. The van der Waals surface area contributed by atoms with Gasteiger partial charge in [0.15, 0.2) is 0 Å². The number of halogens is 1. The third-order valence-electron chi connectivity index (χ3n) is 4.96. The predicted octanol–water partition coefficient (Wildman–Crippen LogP) is 2.78. The molecule has 0 unspecified atom stereocenters. The van der Waals surface area contributed by atoms with Gasteiger partial charge in [0.25, 0.3) is 5.91 Å². The normalized spacial score (nSPS) is 23.8. The molecule has 0 spiro atoms. The highest BCUT2D eigenvalue weighted by atomic mass is 19.1. The van der Waals surface area contributed by atoms with Gasteiger partial charge in [-0.25, -0.2) is 4.39 Å². The topological polar surface area (TPSA) is 32.3 Å². The molecule has 1 fully saturated rings. The summed E-state index contributed by atoms with van der Waals surface area (Å²) in [7, 11) is 0. The van der Waals surface area contributed by atoms with Crippen molar-refractivity contribution in [1.29, 1.82) is 0 Å². The molecule has 0 saturated carbocycles. The molecule has 1 amide bonds. The van der Waals surface area contributed by atoms with Crippen molar-refractivity contribution >= 4 is 5.91 Å². The molecule has 2 heterocycles. The van der Waals surface area contributed by atoms with E-state index in [4.69, 9.17) is 0 Å². The Morgan fingerprint density at radius 1 is 1.09 bits per heavy atom. The van der Waals surface area contributed by atoms with Gasteiger partial charge in [-0.3, -0.25) is 9.69 Å². The van der Waals surface area contributed by atoms with Gasteiger partial charge in [-0.2, -0.15) is 0 Å². The van der Waals surface area contributed by atoms with Crippen LogP contribution in [-0.4, -0.2) is 30.4 Å². The number of nitrogens with one attached hydrogen (secondary N) is 1. The van der Waals surface area contributed by atoms with E-state index in [0.717, 1.165) is 25.2 Å². The van der Waals surface area contributed by atoms with Crippen LogP contribution >= 0.6 is 0 Å². The SMILES string of the molecule is O=C1NC[C@H]2CN(Cc3ccccc3)C[C@H]2c2cccc(F)c21. The number of nitrogens with zero attached hydrogens (tertiary/aromatic N) is 1. The van der Waals surface area contributed by atoms with E-state index in [2.05, 4.69) is 22.3 Å². The molecule has 1 N–H and O–H groups in total. The first-order chi connectivity index (χ1) is 11.2. The van der Waals surface area contributed by atoms with E-state index in [0.29, 0.717) is 12.5 Å². The summed E-state index contributed by atoms with van der Waals surface area (Å²) in [6, 6.07) is 15.4. The average Bonchev–Trinajstić information content (AvgIpc) is 2.90. The number of rotatable bonds is 2. The van der Waals surface area contributed by atoms with Crippen LogP contribution in [0.5, 0.6) is 0 Å². The summed E-state index contributed by atoms with van der Waals surface area (Å²) in [5.74, 6) is -0.140. The third-order valence-corrected chi connectivity index (χ3v) is 4.96. The zero-order chi connectivity index (χ0) is 15.8. The number of hydrogen-bond acceptors (Lipinski definition) is 2. The average molecular weight is 310 g/mol. The molecular weight excluding hydrogens is 291 g/mol. The van der Waals surface area contributed by atoms with Gasteiger partial charge >= 0.3 is 0 Å². The van der Waals surface area contributed by atoms with Gasteiger partial charge in [0.05, 0.1) is 5.56 Å². The fourth-order valence-corrected chi connectivity index (χ4v) is 3.89. The first-order valence-corrected chi connectivity index (χ1v) is 8.05. The lowest BCUT2D eigenvalue weighted by Gasteiger charge is -2.17. The molecule has 0 aromatic heterocycles. The standard InChI is InChI=1S/C19H19FN2O/c20-17-8-4-7-15-16-12-22(10-13-5-2-1-3-6-13)11-14(16)9-21-19(23)18(15)17/h1-8,14,16H,9-12H2,(H,21,23)/t14-,16+/m0/s1. The lowest BCUT2D eigenvalue weighted by Crippen LogP contribution is -2.30. The molecule has 2 aromatic rings. The van der Waals surface area contributed by atoms with Gasteiger partial charge in [0.1, 0.15) is 5.82 Å². The van der Waals surface area contributed by atoms with E-state index in [-0.39, 0.29) is 17.4 Å². The van der Waals surface area contributed by atoms with Crippen molar-refractivity contribution in [2.24, 2.45) is 5.92 Å². The van der Waals surface area contributed by atoms with E-state index in [1.807, 2.05) is 24.3 Å². The first-order valence-electron chi connectivity index (χ1n) is 8.05. The third kappa shape index (κ3) is 2.63. The van der Waals surface area contributed by atoms with Crippen molar-refractivity contribution < 1.29 is 9.18 Å². The van der Waals surface area contributed by atoms with Crippen molar-refractivity contribution in [1.82, 2.24) is 10.2 Å². The van der Waals surface area contributed by atoms with Crippen LogP contribution in [0.2, 0.25) is 0 Å². The summed E-state index contributed by atoms with van der Waals surface area (Å²) >= 11 is 0. The smallest absolute Gasteiger partial charge is 0.254 e. The Morgan fingerprint density at radius 2 is 1.91 bits per heavy atom. The maximum absolute atomic E-state index is 14.1. The highest BCUT2D eigenvalue weighted by Gasteiger charge is 2.38. The molecule has 2 atom stereocenters. The Hall–Kier alpha value is -2.20. The van der Waals surface area contributed by atoms with Crippen molar-refractivity contribution in [2.75, 3.05) is 19.6 Å². The van der Waals surface area contributed by atoms with Crippen molar-refractivity contribution in [3.8, 4) is 0 Å². The second kappa shape index (κ2) is 5.78. The summed E-state index contributed by atoms with van der Waals surface area (Å²) in [6.45, 7) is 3.30. The molecule has 4 heteroatoms. The van der Waals surface area contributed by atoms with Crippen LogP contribution in [-0.2, 0) is 6.54 Å². The van der Waals surface area contributed by atoms with Gasteiger partial charge in [-0.1, -0.05) is 42.5 Å². The fourth-order valence-electron chi connectivity index (χ4n) is 3.89.